The van der Waals surface area contributed by atoms with Gasteiger partial charge in [-0.15, -0.1) is 0 Å². The number of rotatable bonds is 4. The Balaban J connectivity index is 2.09. The normalized spacial score (nSPS) is 12.7. The summed E-state index contributed by atoms with van der Waals surface area (Å²) in [7, 11) is 0. The van der Waals surface area contributed by atoms with E-state index in [-0.39, 0.29) is 11.9 Å². The number of aryl methyl sites for hydroxylation is 1. The number of aromatic nitrogens is 1. The minimum atomic E-state index is -0.293. The number of nitrogens with one attached hydrogen (secondary N) is 1. The Hall–Kier alpha value is -2.24. The van der Waals surface area contributed by atoms with Crippen molar-refractivity contribution in [2.45, 2.75) is 19.4 Å². The molecule has 1 aromatic carbocycles. The summed E-state index contributed by atoms with van der Waals surface area (Å²) < 4.78 is 19.1. The molecule has 0 spiro atoms. The fourth-order valence-corrected chi connectivity index (χ4v) is 2.52. The predicted octanol–water partition coefficient (Wildman–Crippen LogP) is 3.08. The van der Waals surface area contributed by atoms with E-state index in [4.69, 9.17) is 10.3 Å². The summed E-state index contributed by atoms with van der Waals surface area (Å²) in [4.78, 5) is 4.13. The quantitative estimate of drug-likeness (QED) is 0.571. The molecule has 3 aromatic rings. The fraction of sp³-hybridized carbons (Fsp3) is 0.188. The highest BCUT2D eigenvalue weighted by Gasteiger charge is 2.19. The minimum absolute atomic E-state index is 0.287. The number of hydrogen-bond acceptors (Lipinski definition) is 4. The lowest BCUT2D eigenvalue weighted by atomic mass is 9.99. The summed E-state index contributed by atoms with van der Waals surface area (Å²) >= 11 is 0. The van der Waals surface area contributed by atoms with Gasteiger partial charge in [0.05, 0.1) is 0 Å². The number of fused-ring (bicyclic) bond motifs is 1. The maximum Gasteiger partial charge on any atom is 0.134 e. The molecule has 0 radical (unpaired) electrons. The predicted molar refractivity (Wildman–Crippen MR) is 79.0 cm³/mol. The van der Waals surface area contributed by atoms with Gasteiger partial charge in [-0.25, -0.2) is 9.82 Å². The van der Waals surface area contributed by atoms with Gasteiger partial charge in [0.2, 0.25) is 0 Å². The molecule has 0 amide bonds. The van der Waals surface area contributed by atoms with Crippen LogP contribution in [0.25, 0.3) is 11.0 Å². The van der Waals surface area contributed by atoms with Crippen LogP contribution in [0.1, 0.15) is 29.9 Å². The molecule has 3 rings (SSSR count). The van der Waals surface area contributed by atoms with Crippen LogP contribution >= 0.6 is 0 Å². The van der Waals surface area contributed by atoms with Gasteiger partial charge in [-0.1, -0.05) is 6.92 Å². The van der Waals surface area contributed by atoms with Gasteiger partial charge in [-0.05, 0) is 47.9 Å². The summed E-state index contributed by atoms with van der Waals surface area (Å²) in [5.74, 6) is 6.07. The van der Waals surface area contributed by atoms with Crippen LogP contribution < -0.4 is 11.3 Å². The van der Waals surface area contributed by atoms with E-state index in [2.05, 4.69) is 17.3 Å². The van der Waals surface area contributed by atoms with E-state index in [1.807, 2.05) is 18.3 Å². The molecule has 4 nitrogen and oxygen atoms in total. The maximum absolute atomic E-state index is 13.3. The number of hydrogen-bond donors (Lipinski definition) is 2. The van der Waals surface area contributed by atoms with E-state index < -0.39 is 0 Å². The van der Waals surface area contributed by atoms with E-state index in [1.54, 1.807) is 12.3 Å². The smallest absolute Gasteiger partial charge is 0.134 e. The van der Waals surface area contributed by atoms with Crippen LogP contribution in [0.3, 0.4) is 0 Å². The van der Waals surface area contributed by atoms with Crippen molar-refractivity contribution in [3.8, 4) is 0 Å². The Morgan fingerprint density at radius 3 is 2.95 bits per heavy atom. The average Bonchev–Trinajstić information content (AvgIpc) is 2.91. The van der Waals surface area contributed by atoms with Crippen LogP contribution in [0.5, 0.6) is 0 Å². The first-order valence-corrected chi connectivity index (χ1v) is 6.81. The Kier molecular flexibility index (Phi) is 3.68. The summed E-state index contributed by atoms with van der Waals surface area (Å²) in [5, 5.41) is 0.720. The highest BCUT2D eigenvalue weighted by atomic mass is 19.1. The van der Waals surface area contributed by atoms with E-state index in [1.165, 1.54) is 12.1 Å². The fourth-order valence-electron chi connectivity index (χ4n) is 2.52. The van der Waals surface area contributed by atoms with Gasteiger partial charge in [0.15, 0.2) is 0 Å². The van der Waals surface area contributed by atoms with E-state index >= 15 is 0 Å². The third kappa shape index (κ3) is 2.53. The van der Waals surface area contributed by atoms with E-state index in [0.29, 0.717) is 11.3 Å². The number of furan rings is 1. The van der Waals surface area contributed by atoms with Gasteiger partial charge in [0.1, 0.15) is 23.2 Å². The number of pyridine rings is 1. The largest absolute Gasteiger partial charge is 0.459 e. The lowest BCUT2D eigenvalue weighted by Gasteiger charge is -2.16. The Morgan fingerprint density at radius 2 is 2.19 bits per heavy atom. The van der Waals surface area contributed by atoms with Crippen LogP contribution in [0.15, 0.2) is 47.1 Å². The van der Waals surface area contributed by atoms with Gasteiger partial charge in [0, 0.05) is 17.8 Å². The van der Waals surface area contributed by atoms with Crippen LogP contribution in [0.2, 0.25) is 0 Å². The zero-order chi connectivity index (χ0) is 14.8. The zero-order valence-corrected chi connectivity index (χ0v) is 11.6. The first-order valence-electron chi connectivity index (χ1n) is 6.81. The van der Waals surface area contributed by atoms with Crippen molar-refractivity contribution in [3.63, 3.8) is 0 Å². The van der Waals surface area contributed by atoms with Crippen LogP contribution in [-0.4, -0.2) is 4.98 Å². The van der Waals surface area contributed by atoms with Crippen molar-refractivity contribution in [2.24, 2.45) is 5.84 Å². The number of nitrogens with two attached hydrogens (primary N) is 1. The molecule has 0 aliphatic carbocycles. The van der Waals surface area contributed by atoms with Crippen molar-refractivity contribution < 1.29 is 8.81 Å². The minimum Gasteiger partial charge on any atom is -0.459 e. The third-order valence-electron chi connectivity index (χ3n) is 3.58. The first kappa shape index (κ1) is 13.7. The molecule has 0 bridgehead atoms. The lowest BCUT2D eigenvalue weighted by molar-refractivity contribution is 0.475. The second-order valence-electron chi connectivity index (χ2n) is 4.86. The van der Waals surface area contributed by atoms with E-state index in [0.717, 1.165) is 22.9 Å². The molecule has 0 aliphatic rings. The van der Waals surface area contributed by atoms with Gasteiger partial charge in [0.25, 0.3) is 0 Å². The highest BCUT2D eigenvalue weighted by molar-refractivity contribution is 5.78. The molecule has 5 heteroatoms. The van der Waals surface area contributed by atoms with Gasteiger partial charge < -0.3 is 4.42 Å². The van der Waals surface area contributed by atoms with Crippen LogP contribution in [-0.2, 0) is 6.42 Å². The van der Waals surface area contributed by atoms with Crippen LogP contribution in [0, 0.1) is 5.82 Å². The molecule has 0 saturated heterocycles. The number of nitrogens with zero attached hydrogens (tertiary/aromatic N) is 1. The van der Waals surface area contributed by atoms with Gasteiger partial charge in [-0.3, -0.25) is 10.8 Å². The summed E-state index contributed by atoms with van der Waals surface area (Å²) in [6, 6.07) is 7.88. The lowest BCUT2D eigenvalue weighted by Crippen LogP contribution is -2.29. The van der Waals surface area contributed by atoms with Crippen molar-refractivity contribution in [1.29, 1.82) is 0 Å². The molecule has 0 saturated carbocycles. The maximum atomic E-state index is 13.3. The average molecular weight is 285 g/mol. The third-order valence-corrected chi connectivity index (χ3v) is 3.58. The Bertz CT molecular complexity index is 769. The molecule has 1 atom stereocenters. The number of hydrazine groups is 1. The topological polar surface area (TPSA) is 64.1 Å². The molecular weight excluding hydrogens is 269 g/mol. The number of halogens is 1. The Labute approximate surface area is 121 Å². The molecule has 2 heterocycles. The van der Waals surface area contributed by atoms with Crippen LogP contribution in [0.4, 0.5) is 4.39 Å². The van der Waals surface area contributed by atoms with Gasteiger partial charge >= 0.3 is 0 Å². The molecule has 3 N–H and O–H groups in total. The summed E-state index contributed by atoms with van der Waals surface area (Å²) in [6.07, 6.45) is 4.39. The standard InChI is InChI=1S/C16H16FN3O/c1-2-10-9-19-6-5-13(10)16(20-18)15-8-11-7-12(17)3-4-14(11)21-15/h3-9,16,20H,2,18H2,1H3. The van der Waals surface area contributed by atoms with Crippen molar-refractivity contribution in [2.75, 3.05) is 0 Å². The van der Waals surface area contributed by atoms with Crippen molar-refractivity contribution in [3.05, 3.63) is 65.4 Å². The second kappa shape index (κ2) is 5.63. The first-order chi connectivity index (χ1) is 10.2. The SMILES string of the molecule is CCc1cnccc1C(NN)c1cc2cc(F)ccc2o1. The van der Waals surface area contributed by atoms with Crippen molar-refractivity contribution in [1.82, 2.24) is 10.4 Å². The van der Waals surface area contributed by atoms with E-state index in [9.17, 15) is 4.39 Å². The molecular formula is C16H16FN3O. The highest BCUT2D eigenvalue weighted by Crippen LogP contribution is 2.29. The molecule has 1 unspecified atom stereocenters. The molecule has 108 valence electrons. The summed E-state index contributed by atoms with van der Waals surface area (Å²) in [6.45, 7) is 2.06. The Morgan fingerprint density at radius 1 is 1.33 bits per heavy atom. The second-order valence-corrected chi connectivity index (χ2v) is 4.86. The molecule has 2 aromatic heterocycles. The molecule has 0 aliphatic heterocycles. The zero-order valence-electron chi connectivity index (χ0n) is 11.6. The number of benzene rings is 1. The molecule has 21 heavy (non-hydrogen) atoms. The molecule has 0 fully saturated rings. The van der Waals surface area contributed by atoms with Gasteiger partial charge in [-0.2, -0.15) is 0 Å². The van der Waals surface area contributed by atoms with Crippen molar-refractivity contribution >= 4 is 11.0 Å². The summed E-state index contributed by atoms with van der Waals surface area (Å²) in [5.41, 5.74) is 5.51. The monoisotopic (exact) mass is 285 g/mol.